The van der Waals surface area contributed by atoms with Crippen molar-refractivity contribution in [1.29, 1.82) is 0 Å². The van der Waals surface area contributed by atoms with E-state index in [9.17, 15) is 5.11 Å². The molecule has 0 heterocycles. The van der Waals surface area contributed by atoms with E-state index in [0.717, 1.165) is 29.3 Å². The van der Waals surface area contributed by atoms with Gasteiger partial charge < -0.3 is 5.11 Å². The van der Waals surface area contributed by atoms with E-state index in [1.807, 2.05) is 18.2 Å². The molecule has 0 saturated carbocycles. The minimum absolute atomic E-state index is 0.328. The second kappa shape index (κ2) is 6.21. The van der Waals surface area contributed by atoms with Crippen LogP contribution in [0.4, 0.5) is 0 Å². The van der Waals surface area contributed by atoms with Gasteiger partial charge in [-0.25, -0.2) is 0 Å². The molecular formula is C14H20BrClO. The molecule has 1 aromatic rings. The standard InChI is InChI=1S/C14H20BrClO/c1-14(2,3)6-4-5-13(17)10-7-11(15)9-12(16)8-10/h7-9,13,17H,4-6H2,1-3H3. The predicted molar refractivity (Wildman–Crippen MR) is 77.4 cm³/mol. The average Bonchev–Trinajstić information content (AvgIpc) is 2.13. The molecule has 1 N–H and O–H groups in total. The maximum absolute atomic E-state index is 10.1. The van der Waals surface area contributed by atoms with Crippen molar-refractivity contribution in [3.05, 3.63) is 33.3 Å². The fourth-order valence-corrected chi connectivity index (χ4v) is 2.65. The van der Waals surface area contributed by atoms with Gasteiger partial charge in [0.15, 0.2) is 0 Å². The number of benzene rings is 1. The lowest BCUT2D eigenvalue weighted by atomic mass is 9.88. The molecule has 0 saturated heterocycles. The molecular weight excluding hydrogens is 300 g/mol. The van der Waals surface area contributed by atoms with Gasteiger partial charge in [-0.1, -0.05) is 54.7 Å². The van der Waals surface area contributed by atoms with Gasteiger partial charge in [-0.2, -0.15) is 0 Å². The number of hydrogen-bond donors (Lipinski definition) is 1. The third kappa shape index (κ3) is 5.89. The maximum Gasteiger partial charge on any atom is 0.0791 e. The molecule has 0 amide bonds. The van der Waals surface area contributed by atoms with Crippen LogP contribution in [0.3, 0.4) is 0 Å². The number of aliphatic hydroxyl groups excluding tert-OH is 1. The van der Waals surface area contributed by atoms with Crippen LogP contribution in [0, 0.1) is 5.41 Å². The Bertz CT molecular complexity index is 351. The first-order chi connectivity index (χ1) is 7.78. The lowest BCUT2D eigenvalue weighted by Crippen LogP contribution is -2.06. The van der Waals surface area contributed by atoms with Crippen LogP contribution in [-0.2, 0) is 0 Å². The molecule has 0 aliphatic rings. The molecule has 1 rings (SSSR count). The van der Waals surface area contributed by atoms with Crippen molar-refractivity contribution in [2.75, 3.05) is 0 Å². The Hall–Kier alpha value is -0.0500. The van der Waals surface area contributed by atoms with Crippen LogP contribution >= 0.6 is 27.5 Å². The van der Waals surface area contributed by atoms with Crippen molar-refractivity contribution >= 4 is 27.5 Å². The molecule has 0 radical (unpaired) electrons. The van der Waals surface area contributed by atoms with Gasteiger partial charge in [0.05, 0.1) is 6.10 Å². The Kier molecular flexibility index (Phi) is 5.49. The molecule has 0 spiro atoms. The summed E-state index contributed by atoms with van der Waals surface area (Å²) in [5.41, 5.74) is 1.22. The van der Waals surface area contributed by atoms with E-state index in [1.54, 1.807) is 0 Å². The zero-order valence-corrected chi connectivity index (χ0v) is 13.0. The summed E-state index contributed by atoms with van der Waals surface area (Å²) in [6.07, 6.45) is 2.50. The highest BCUT2D eigenvalue weighted by molar-refractivity contribution is 9.10. The zero-order chi connectivity index (χ0) is 13.1. The van der Waals surface area contributed by atoms with Gasteiger partial charge in [-0.3, -0.25) is 0 Å². The van der Waals surface area contributed by atoms with Gasteiger partial charge in [-0.05, 0) is 42.0 Å². The Balaban J connectivity index is 2.55. The van der Waals surface area contributed by atoms with Crippen LogP contribution in [0.2, 0.25) is 5.02 Å². The van der Waals surface area contributed by atoms with Crippen LogP contribution < -0.4 is 0 Å². The van der Waals surface area contributed by atoms with E-state index >= 15 is 0 Å². The first-order valence-electron chi connectivity index (χ1n) is 5.92. The summed E-state index contributed by atoms with van der Waals surface area (Å²) >= 11 is 9.35. The number of aliphatic hydroxyl groups is 1. The quantitative estimate of drug-likeness (QED) is 0.793. The van der Waals surface area contributed by atoms with Crippen molar-refractivity contribution in [3.8, 4) is 0 Å². The van der Waals surface area contributed by atoms with E-state index in [0.29, 0.717) is 10.4 Å². The molecule has 96 valence electrons. The van der Waals surface area contributed by atoms with Crippen LogP contribution in [0.25, 0.3) is 0 Å². The summed E-state index contributed by atoms with van der Waals surface area (Å²) in [7, 11) is 0. The Morgan fingerprint density at radius 1 is 1.29 bits per heavy atom. The number of halogens is 2. The molecule has 1 nitrogen and oxygen atoms in total. The summed E-state index contributed by atoms with van der Waals surface area (Å²) in [6, 6.07) is 5.58. The Labute approximate surface area is 117 Å². The largest absolute Gasteiger partial charge is 0.388 e. The molecule has 0 bridgehead atoms. The SMILES string of the molecule is CC(C)(C)CCCC(O)c1cc(Cl)cc(Br)c1. The lowest BCUT2D eigenvalue weighted by Gasteiger charge is -2.19. The Morgan fingerprint density at radius 3 is 2.47 bits per heavy atom. The summed E-state index contributed by atoms with van der Waals surface area (Å²) in [6.45, 7) is 6.65. The monoisotopic (exact) mass is 318 g/mol. The van der Waals surface area contributed by atoms with Crippen LogP contribution in [0.15, 0.2) is 22.7 Å². The molecule has 0 aromatic heterocycles. The van der Waals surface area contributed by atoms with Gasteiger partial charge in [0, 0.05) is 9.50 Å². The van der Waals surface area contributed by atoms with Gasteiger partial charge in [-0.15, -0.1) is 0 Å². The normalized spacial score (nSPS) is 13.8. The van der Waals surface area contributed by atoms with E-state index < -0.39 is 6.10 Å². The zero-order valence-electron chi connectivity index (χ0n) is 10.6. The minimum atomic E-state index is -0.424. The highest BCUT2D eigenvalue weighted by Crippen LogP contribution is 2.29. The van der Waals surface area contributed by atoms with E-state index in [2.05, 4.69) is 36.7 Å². The number of hydrogen-bond acceptors (Lipinski definition) is 1. The highest BCUT2D eigenvalue weighted by atomic mass is 79.9. The third-order valence-corrected chi connectivity index (χ3v) is 3.35. The predicted octanol–water partition coefficient (Wildman–Crippen LogP) is 5.35. The summed E-state index contributed by atoms with van der Waals surface area (Å²) < 4.78 is 0.912. The van der Waals surface area contributed by atoms with Crippen molar-refractivity contribution in [1.82, 2.24) is 0 Å². The summed E-state index contributed by atoms with van der Waals surface area (Å²) in [5, 5.41) is 10.7. The molecule has 0 fully saturated rings. The van der Waals surface area contributed by atoms with Crippen molar-refractivity contribution < 1.29 is 5.11 Å². The van der Waals surface area contributed by atoms with Crippen LogP contribution in [0.1, 0.15) is 51.7 Å². The van der Waals surface area contributed by atoms with E-state index in [1.165, 1.54) is 0 Å². The van der Waals surface area contributed by atoms with Gasteiger partial charge >= 0.3 is 0 Å². The summed E-state index contributed by atoms with van der Waals surface area (Å²) in [5.74, 6) is 0. The molecule has 1 unspecified atom stereocenters. The fourth-order valence-electron chi connectivity index (χ4n) is 1.76. The smallest absolute Gasteiger partial charge is 0.0791 e. The fraction of sp³-hybridized carbons (Fsp3) is 0.571. The van der Waals surface area contributed by atoms with Gasteiger partial charge in [0.25, 0.3) is 0 Å². The second-order valence-corrected chi connectivity index (χ2v) is 7.02. The van der Waals surface area contributed by atoms with Crippen molar-refractivity contribution in [3.63, 3.8) is 0 Å². The first-order valence-corrected chi connectivity index (χ1v) is 7.09. The molecule has 1 aromatic carbocycles. The minimum Gasteiger partial charge on any atom is -0.388 e. The van der Waals surface area contributed by atoms with Gasteiger partial charge in [0.2, 0.25) is 0 Å². The van der Waals surface area contributed by atoms with Crippen molar-refractivity contribution in [2.24, 2.45) is 5.41 Å². The average molecular weight is 320 g/mol. The lowest BCUT2D eigenvalue weighted by molar-refractivity contribution is 0.158. The topological polar surface area (TPSA) is 20.2 Å². The van der Waals surface area contributed by atoms with E-state index in [4.69, 9.17) is 11.6 Å². The molecule has 17 heavy (non-hydrogen) atoms. The highest BCUT2D eigenvalue weighted by Gasteiger charge is 2.13. The third-order valence-electron chi connectivity index (χ3n) is 2.67. The molecule has 0 aliphatic carbocycles. The van der Waals surface area contributed by atoms with E-state index in [-0.39, 0.29) is 0 Å². The van der Waals surface area contributed by atoms with Crippen LogP contribution in [-0.4, -0.2) is 5.11 Å². The van der Waals surface area contributed by atoms with Crippen LogP contribution in [0.5, 0.6) is 0 Å². The maximum atomic E-state index is 10.1. The summed E-state index contributed by atoms with van der Waals surface area (Å²) in [4.78, 5) is 0. The first kappa shape index (κ1) is 15.0. The Morgan fingerprint density at radius 2 is 1.94 bits per heavy atom. The molecule has 3 heteroatoms. The van der Waals surface area contributed by atoms with Gasteiger partial charge in [0.1, 0.15) is 0 Å². The second-order valence-electron chi connectivity index (χ2n) is 5.67. The van der Waals surface area contributed by atoms with Crippen molar-refractivity contribution in [2.45, 2.75) is 46.1 Å². The molecule has 1 atom stereocenters. The molecule has 0 aliphatic heterocycles. The number of rotatable bonds is 4.